The quantitative estimate of drug-likeness (QED) is 0.610. The highest BCUT2D eigenvalue weighted by molar-refractivity contribution is 5.99. The van der Waals surface area contributed by atoms with E-state index >= 15 is 0 Å². The van der Waals surface area contributed by atoms with Gasteiger partial charge in [-0.05, 0) is 51.5 Å². The maximum absolute atomic E-state index is 13.2. The van der Waals surface area contributed by atoms with Crippen LogP contribution in [0.15, 0.2) is 42.7 Å². The minimum Gasteiger partial charge on any atom is -0.327 e. The van der Waals surface area contributed by atoms with Crippen LogP contribution in [0.4, 0.5) is 18.9 Å². The zero-order valence-corrected chi connectivity index (χ0v) is 15.6. The van der Waals surface area contributed by atoms with Crippen LogP contribution in [0.2, 0.25) is 0 Å². The molecule has 1 aromatic heterocycles. The highest BCUT2D eigenvalue weighted by Gasteiger charge is 2.35. The molecule has 0 unspecified atom stereocenters. The summed E-state index contributed by atoms with van der Waals surface area (Å²) >= 11 is 0. The number of carbonyl (C=O) groups is 1. The van der Waals surface area contributed by atoms with Crippen LogP contribution in [0, 0.1) is 0 Å². The molecule has 27 heavy (non-hydrogen) atoms. The number of nitrogens with one attached hydrogen (secondary N) is 1. The third kappa shape index (κ3) is 4.57. The lowest BCUT2D eigenvalue weighted by Gasteiger charge is -2.41. The number of anilines is 1. The van der Waals surface area contributed by atoms with Gasteiger partial charge in [0.2, 0.25) is 0 Å². The number of hydrogen-bond donors (Lipinski definition) is 2. The molecule has 1 heterocycles. The predicted molar refractivity (Wildman–Crippen MR) is 97.8 cm³/mol. The first kappa shape index (κ1) is 20.7. The van der Waals surface area contributed by atoms with E-state index in [0.29, 0.717) is 16.8 Å². The smallest absolute Gasteiger partial charge is 0.327 e. The number of hydrogen-bond acceptors (Lipinski definition) is 4. The number of alkyl halides is 3. The van der Waals surface area contributed by atoms with Crippen molar-refractivity contribution < 1.29 is 18.0 Å². The van der Waals surface area contributed by atoms with E-state index in [9.17, 15) is 18.0 Å². The molecule has 0 fully saturated rings. The molecular formula is C19H23F3N4O. The molecule has 146 valence electrons. The molecule has 2 rings (SSSR count). The third-order valence-electron chi connectivity index (χ3n) is 4.23. The number of carbonyl (C=O) groups excluding carboxylic acids is 1. The molecule has 0 aliphatic carbocycles. The number of halogens is 3. The van der Waals surface area contributed by atoms with Gasteiger partial charge in [-0.3, -0.25) is 15.6 Å². The zero-order chi connectivity index (χ0) is 20.4. The van der Waals surface area contributed by atoms with Gasteiger partial charge in [-0.15, -0.1) is 0 Å². The summed E-state index contributed by atoms with van der Waals surface area (Å²) in [6.07, 6.45) is -1.57. The lowest BCUT2D eigenvalue weighted by atomic mass is 9.96. The summed E-state index contributed by atoms with van der Waals surface area (Å²) in [5.41, 5.74) is 2.06. The number of nitrogens with zero attached hydrogens (tertiary/aromatic N) is 2. The molecular weight excluding hydrogens is 357 g/mol. The van der Waals surface area contributed by atoms with Crippen molar-refractivity contribution in [1.29, 1.82) is 0 Å². The van der Waals surface area contributed by atoms with Crippen LogP contribution >= 0.6 is 0 Å². The molecule has 0 aliphatic rings. The zero-order valence-electron chi connectivity index (χ0n) is 15.6. The molecule has 1 atom stereocenters. The summed E-state index contributed by atoms with van der Waals surface area (Å²) in [6.45, 7) is 7.18. The summed E-state index contributed by atoms with van der Waals surface area (Å²) in [5, 5.41) is 0. The normalized spacial score (nSPS) is 13.2. The van der Waals surface area contributed by atoms with E-state index in [-0.39, 0.29) is 5.91 Å². The van der Waals surface area contributed by atoms with E-state index < -0.39 is 23.3 Å². The van der Waals surface area contributed by atoms with E-state index in [1.165, 1.54) is 24.5 Å². The molecule has 0 saturated heterocycles. The summed E-state index contributed by atoms with van der Waals surface area (Å²) in [7, 11) is 0. The van der Waals surface area contributed by atoms with Crippen molar-refractivity contribution >= 4 is 11.6 Å². The number of nitrogen functional groups attached to an aromatic ring is 1. The largest absolute Gasteiger partial charge is 0.416 e. The number of benzene rings is 1. The second kappa shape index (κ2) is 7.56. The van der Waals surface area contributed by atoms with Gasteiger partial charge in [0.15, 0.2) is 0 Å². The Labute approximate surface area is 156 Å². The van der Waals surface area contributed by atoms with Crippen molar-refractivity contribution in [1.82, 2.24) is 9.88 Å². The fourth-order valence-electron chi connectivity index (χ4n) is 3.01. The molecule has 1 amide bonds. The van der Waals surface area contributed by atoms with Gasteiger partial charge in [-0.1, -0.05) is 12.1 Å². The van der Waals surface area contributed by atoms with Crippen molar-refractivity contribution in [3.05, 3.63) is 59.4 Å². The number of aromatic nitrogens is 1. The molecule has 0 bridgehead atoms. The van der Waals surface area contributed by atoms with Gasteiger partial charge in [0, 0.05) is 11.7 Å². The van der Waals surface area contributed by atoms with Crippen LogP contribution in [-0.2, 0) is 6.18 Å². The Kier molecular flexibility index (Phi) is 5.79. The van der Waals surface area contributed by atoms with Crippen molar-refractivity contribution in [2.45, 2.75) is 45.5 Å². The molecule has 0 saturated carbocycles. The molecule has 0 aliphatic heterocycles. The molecule has 8 heteroatoms. The van der Waals surface area contributed by atoms with Gasteiger partial charge < -0.3 is 10.3 Å². The first-order valence-corrected chi connectivity index (χ1v) is 8.38. The minimum absolute atomic E-state index is 0.293. The first-order chi connectivity index (χ1) is 12.5. The molecule has 1 aromatic carbocycles. The number of hydrazine groups is 1. The highest BCUT2D eigenvalue weighted by atomic mass is 19.4. The highest BCUT2D eigenvalue weighted by Crippen LogP contribution is 2.35. The van der Waals surface area contributed by atoms with Gasteiger partial charge in [-0.2, -0.15) is 13.2 Å². The SMILES string of the molecule is C[C@H](c1cccc(C(F)(F)F)c1)N(C(=O)c1ccncc1NN)C(C)(C)C. The molecule has 3 N–H and O–H groups in total. The van der Waals surface area contributed by atoms with Crippen LogP contribution in [0.25, 0.3) is 0 Å². The Morgan fingerprint density at radius 3 is 2.44 bits per heavy atom. The van der Waals surface area contributed by atoms with E-state index in [0.717, 1.165) is 12.1 Å². The van der Waals surface area contributed by atoms with Gasteiger partial charge in [0.25, 0.3) is 5.91 Å². The fraction of sp³-hybridized carbons (Fsp3) is 0.368. The van der Waals surface area contributed by atoms with E-state index in [4.69, 9.17) is 5.84 Å². The third-order valence-corrected chi connectivity index (χ3v) is 4.23. The Bertz CT molecular complexity index is 815. The van der Waals surface area contributed by atoms with Gasteiger partial charge in [0.1, 0.15) is 0 Å². The molecule has 2 aromatic rings. The maximum Gasteiger partial charge on any atom is 0.416 e. The van der Waals surface area contributed by atoms with Gasteiger partial charge in [0.05, 0.1) is 29.1 Å². The lowest BCUT2D eigenvalue weighted by molar-refractivity contribution is -0.137. The van der Waals surface area contributed by atoms with Crippen LogP contribution in [-0.4, -0.2) is 21.3 Å². The van der Waals surface area contributed by atoms with Crippen molar-refractivity contribution in [2.24, 2.45) is 5.84 Å². The molecule has 5 nitrogen and oxygen atoms in total. The Balaban J connectivity index is 2.50. The number of amides is 1. The fourth-order valence-corrected chi connectivity index (χ4v) is 3.01. The summed E-state index contributed by atoms with van der Waals surface area (Å²) < 4.78 is 39.2. The minimum atomic E-state index is -4.45. The van der Waals surface area contributed by atoms with Gasteiger partial charge >= 0.3 is 6.18 Å². The predicted octanol–water partition coefficient (Wildman–Crippen LogP) is 4.39. The number of rotatable bonds is 4. The molecule has 0 radical (unpaired) electrons. The average Bonchev–Trinajstić information content (AvgIpc) is 2.59. The second-order valence-electron chi connectivity index (χ2n) is 7.21. The van der Waals surface area contributed by atoms with Crippen molar-refractivity contribution in [3.63, 3.8) is 0 Å². The average molecular weight is 380 g/mol. The van der Waals surface area contributed by atoms with E-state index in [1.807, 2.05) is 20.8 Å². The summed E-state index contributed by atoms with van der Waals surface area (Å²) in [5.74, 6) is 5.11. The topological polar surface area (TPSA) is 71.2 Å². The van der Waals surface area contributed by atoms with E-state index in [2.05, 4.69) is 10.4 Å². The number of nitrogens with two attached hydrogens (primary N) is 1. The first-order valence-electron chi connectivity index (χ1n) is 8.38. The van der Waals surface area contributed by atoms with Crippen LogP contribution in [0.5, 0.6) is 0 Å². The Morgan fingerprint density at radius 1 is 1.22 bits per heavy atom. The summed E-state index contributed by atoms with van der Waals surface area (Å²) in [4.78, 5) is 18.7. The second-order valence-corrected chi connectivity index (χ2v) is 7.21. The lowest BCUT2D eigenvalue weighted by Crippen LogP contribution is -2.47. The monoisotopic (exact) mass is 380 g/mol. The standard InChI is InChI=1S/C19H23F3N4O/c1-12(13-6-5-7-14(10-13)19(20,21)22)26(18(2,3)4)17(27)15-8-9-24-11-16(15)25-23/h5-12,25H,23H2,1-4H3/t12-/m1/s1. The maximum atomic E-state index is 13.2. The molecule has 0 spiro atoms. The van der Waals surface area contributed by atoms with Gasteiger partial charge in [-0.25, -0.2) is 0 Å². The summed E-state index contributed by atoms with van der Waals surface area (Å²) in [6, 6.07) is 5.94. The Hall–Kier alpha value is -2.61. The van der Waals surface area contributed by atoms with E-state index in [1.54, 1.807) is 17.9 Å². The van der Waals surface area contributed by atoms with Crippen LogP contribution < -0.4 is 11.3 Å². The van der Waals surface area contributed by atoms with Crippen molar-refractivity contribution in [3.8, 4) is 0 Å². The Morgan fingerprint density at radius 2 is 1.89 bits per heavy atom. The number of pyridine rings is 1. The van der Waals surface area contributed by atoms with Crippen LogP contribution in [0.3, 0.4) is 0 Å². The van der Waals surface area contributed by atoms with Crippen LogP contribution in [0.1, 0.15) is 55.2 Å². The van der Waals surface area contributed by atoms with Crippen molar-refractivity contribution in [2.75, 3.05) is 5.43 Å².